The Bertz CT molecular complexity index is 572. The average molecular weight is 437 g/mol. The van der Waals surface area contributed by atoms with E-state index in [0.717, 1.165) is 18.4 Å². The molecule has 1 aromatic carbocycles. The third-order valence-electron chi connectivity index (χ3n) is 3.46. The number of guanidine groups is 1. The Labute approximate surface area is 149 Å². The van der Waals surface area contributed by atoms with Crippen molar-refractivity contribution in [2.24, 2.45) is 10.9 Å². The molecule has 1 aliphatic rings. The normalized spacial score (nSPS) is 15.0. The number of sulfone groups is 1. The van der Waals surface area contributed by atoms with E-state index >= 15 is 0 Å². The number of halogens is 1. The molecule has 0 spiro atoms. The molecule has 0 saturated heterocycles. The first-order chi connectivity index (χ1) is 10.1. The fourth-order valence-electron chi connectivity index (χ4n) is 2.00. The highest BCUT2D eigenvalue weighted by Gasteiger charge is 2.21. The molecule has 0 aliphatic heterocycles. The van der Waals surface area contributed by atoms with E-state index in [1.165, 1.54) is 12.8 Å². The summed E-state index contributed by atoms with van der Waals surface area (Å²) in [5.74, 6) is 1.67. The van der Waals surface area contributed by atoms with Gasteiger partial charge in [-0.1, -0.05) is 18.2 Å². The summed E-state index contributed by atoms with van der Waals surface area (Å²) in [5, 5.41) is 6.40. The van der Waals surface area contributed by atoms with Crippen LogP contribution in [0.4, 0.5) is 0 Å². The molecule has 0 atom stereocenters. The number of nitrogens with zero attached hydrogens (tertiary/aromatic N) is 1. The van der Waals surface area contributed by atoms with E-state index in [0.29, 0.717) is 17.9 Å². The summed E-state index contributed by atoms with van der Waals surface area (Å²) in [6, 6.07) is 8.58. The average Bonchev–Trinajstić information content (AvgIpc) is 3.32. The van der Waals surface area contributed by atoms with Crippen LogP contribution >= 0.6 is 24.0 Å². The van der Waals surface area contributed by atoms with Gasteiger partial charge in [-0.05, 0) is 37.3 Å². The van der Waals surface area contributed by atoms with Gasteiger partial charge in [-0.25, -0.2) is 8.42 Å². The maximum absolute atomic E-state index is 12.1. The fourth-order valence-corrected chi connectivity index (χ4v) is 3.33. The van der Waals surface area contributed by atoms with Crippen molar-refractivity contribution in [3.05, 3.63) is 30.3 Å². The predicted molar refractivity (Wildman–Crippen MR) is 101 cm³/mol. The van der Waals surface area contributed by atoms with E-state index in [-0.39, 0.29) is 29.7 Å². The van der Waals surface area contributed by atoms with Gasteiger partial charge in [0, 0.05) is 20.1 Å². The summed E-state index contributed by atoms with van der Waals surface area (Å²) < 4.78 is 24.2. The second-order valence-electron chi connectivity index (χ2n) is 5.31. The van der Waals surface area contributed by atoms with Crippen molar-refractivity contribution in [2.75, 3.05) is 25.9 Å². The van der Waals surface area contributed by atoms with E-state index in [1.54, 1.807) is 31.3 Å². The highest BCUT2D eigenvalue weighted by Crippen LogP contribution is 2.27. The molecule has 5 nitrogen and oxygen atoms in total. The van der Waals surface area contributed by atoms with Crippen LogP contribution in [0, 0.1) is 5.92 Å². The number of hydrogen-bond acceptors (Lipinski definition) is 3. The predicted octanol–water partition coefficient (Wildman–Crippen LogP) is 2.04. The van der Waals surface area contributed by atoms with Crippen LogP contribution in [0.15, 0.2) is 40.2 Å². The number of benzene rings is 1. The lowest BCUT2D eigenvalue weighted by molar-refractivity contribution is 0.592. The second kappa shape index (κ2) is 9.34. The summed E-state index contributed by atoms with van der Waals surface area (Å²) in [6.45, 7) is 1.54. The van der Waals surface area contributed by atoms with Gasteiger partial charge >= 0.3 is 0 Å². The van der Waals surface area contributed by atoms with E-state index < -0.39 is 9.84 Å². The third kappa shape index (κ3) is 6.51. The molecule has 0 radical (unpaired) electrons. The van der Waals surface area contributed by atoms with Gasteiger partial charge in [0.2, 0.25) is 0 Å². The summed E-state index contributed by atoms with van der Waals surface area (Å²) in [5.41, 5.74) is 0. The van der Waals surface area contributed by atoms with Gasteiger partial charge in [0.1, 0.15) is 0 Å². The smallest absolute Gasteiger partial charge is 0.190 e. The van der Waals surface area contributed by atoms with Crippen LogP contribution in [-0.4, -0.2) is 40.3 Å². The minimum absolute atomic E-state index is 0. The number of rotatable bonds is 7. The Morgan fingerprint density at radius 3 is 2.50 bits per heavy atom. The fraction of sp³-hybridized carbons (Fsp3) is 0.533. The first-order valence-corrected chi connectivity index (χ1v) is 8.99. The molecule has 0 aromatic heterocycles. The van der Waals surface area contributed by atoms with Crippen LogP contribution in [0.25, 0.3) is 0 Å². The molecular formula is C15H24IN3O2S. The van der Waals surface area contributed by atoms with Crippen molar-refractivity contribution >= 4 is 39.8 Å². The molecule has 1 aliphatic carbocycles. The van der Waals surface area contributed by atoms with Crippen LogP contribution < -0.4 is 10.6 Å². The lowest BCUT2D eigenvalue weighted by atomic mass is 10.4. The SMILES string of the molecule is CN=C(NCCCS(=O)(=O)c1ccccc1)NCC1CC1.I. The molecule has 7 heteroatoms. The van der Waals surface area contributed by atoms with Crippen LogP contribution in [0.1, 0.15) is 19.3 Å². The zero-order valence-corrected chi connectivity index (χ0v) is 15.9. The number of aliphatic imine (C=N–C) groups is 1. The van der Waals surface area contributed by atoms with Crippen LogP contribution in [0.3, 0.4) is 0 Å². The molecule has 2 N–H and O–H groups in total. The topological polar surface area (TPSA) is 70.6 Å². The Morgan fingerprint density at radius 1 is 1.23 bits per heavy atom. The van der Waals surface area contributed by atoms with E-state index in [9.17, 15) is 8.42 Å². The summed E-state index contributed by atoms with van der Waals surface area (Å²) in [4.78, 5) is 4.51. The van der Waals surface area contributed by atoms with Crippen molar-refractivity contribution in [2.45, 2.75) is 24.2 Å². The lowest BCUT2D eigenvalue weighted by Crippen LogP contribution is -2.39. The van der Waals surface area contributed by atoms with E-state index in [4.69, 9.17) is 0 Å². The number of nitrogens with one attached hydrogen (secondary N) is 2. The number of hydrogen-bond donors (Lipinski definition) is 2. The monoisotopic (exact) mass is 437 g/mol. The molecule has 0 amide bonds. The molecule has 124 valence electrons. The molecule has 0 heterocycles. The van der Waals surface area contributed by atoms with Crippen molar-refractivity contribution in [3.8, 4) is 0 Å². The van der Waals surface area contributed by atoms with Crippen molar-refractivity contribution in [3.63, 3.8) is 0 Å². The Hall–Kier alpha value is -0.830. The lowest BCUT2D eigenvalue weighted by Gasteiger charge is -2.11. The van der Waals surface area contributed by atoms with Crippen molar-refractivity contribution < 1.29 is 8.42 Å². The highest BCUT2D eigenvalue weighted by atomic mass is 127. The van der Waals surface area contributed by atoms with Gasteiger partial charge in [-0.15, -0.1) is 24.0 Å². The standard InChI is InChI=1S/C15H23N3O2S.HI/c1-16-15(18-12-13-8-9-13)17-10-5-11-21(19,20)14-6-3-2-4-7-14;/h2-4,6-7,13H,5,8-12H2,1H3,(H2,16,17,18);1H. The summed E-state index contributed by atoms with van der Waals surface area (Å²) in [7, 11) is -1.46. The maximum Gasteiger partial charge on any atom is 0.190 e. The Morgan fingerprint density at radius 2 is 1.91 bits per heavy atom. The van der Waals surface area contributed by atoms with E-state index in [2.05, 4.69) is 15.6 Å². The molecular weight excluding hydrogens is 413 g/mol. The first kappa shape index (κ1) is 19.2. The molecule has 0 unspecified atom stereocenters. The molecule has 22 heavy (non-hydrogen) atoms. The molecule has 1 saturated carbocycles. The van der Waals surface area contributed by atoms with Crippen LogP contribution in [0.5, 0.6) is 0 Å². The molecule has 2 rings (SSSR count). The molecule has 1 aromatic rings. The van der Waals surface area contributed by atoms with Gasteiger partial charge < -0.3 is 10.6 Å². The van der Waals surface area contributed by atoms with Crippen molar-refractivity contribution in [1.82, 2.24) is 10.6 Å². The van der Waals surface area contributed by atoms with Gasteiger partial charge in [-0.2, -0.15) is 0 Å². The Balaban J connectivity index is 0.00000242. The molecule has 1 fully saturated rings. The van der Waals surface area contributed by atoms with Crippen LogP contribution in [0.2, 0.25) is 0 Å². The van der Waals surface area contributed by atoms with Gasteiger partial charge in [0.05, 0.1) is 10.6 Å². The summed E-state index contributed by atoms with van der Waals surface area (Å²) >= 11 is 0. The van der Waals surface area contributed by atoms with E-state index in [1.807, 2.05) is 6.07 Å². The van der Waals surface area contributed by atoms with Gasteiger partial charge in [0.25, 0.3) is 0 Å². The minimum Gasteiger partial charge on any atom is -0.356 e. The minimum atomic E-state index is -3.18. The zero-order valence-electron chi connectivity index (χ0n) is 12.8. The highest BCUT2D eigenvalue weighted by molar-refractivity contribution is 14.0. The third-order valence-corrected chi connectivity index (χ3v) is 5.28. The van der Waals surface area contributed by atoms with Gasteiger partial charge in [-0.3, -0.25) is 4.99 Å². The quantitative estimate of drug-likeness (QED) is 0.297. The van der Waals surface area contributed by atoms with Crippen LogP contribution in [-0.2, 0) is 9.84 Å². The second-order valence-corrected chi connectivity index (χ2v) is 7.42. The maximum atomic E-state index is 12.1. The van der Waals surface area contributed by atoms with Gasteiger partial charge in [0.15, 0.2) is 15.8 Å². The Kier molecular flexibility index (Phi) is 8.16. The zero-order chi connectivity index (χ0) is 15.1. The van der Waals surface area contributed by atoms with Crippen molar-refractivity contribution in [1.29, 1.82) is 0 Å². The summed E-state index contributed by atoms with van der Waals surface area (Å²) in [6.07, 6.45) is 3.14. The largest absolute Gasteiger partial charge is 0.356 e. The first-order valence-electron chi connectivity index (χ1n) is 7.34. The molecule has 0 bridgehead atoms.